The fraction of sp³-hybridized carbons (Fsp3) is 0.833. The third-order valence-electron chi connectivity index (χ3n) is 6.78. The maximum atomic E-state index is 12.7. The lowest BCUT2D eigenvalue weighted by atomic mass is 9.48. The summed E-state index contributed by atoms with van der Waals surface area (Å²) in [6, 6.07) is 0.481. The Balaban J connectivity index is 1.25. The molecule has 0 radical (unpaired) electrons. The molecule has 5 aliphatic carbocycles. The molecule has 0 spiro atoms. The second-order valence-electron chi connectivity index (χ2n) is 9.11. The van der Waals surface area contributed by atoms with Gasteiger partial charge in [-0.05, 0) is 80.8 Å². The van der Waals surface area contributed by atoms with Gasteiger partial charge in [0.05, 0.1) is 6.54 Å². The zero-order chi connectivity index (χ0) is 17.2. The Morgan fingerprint density at radius 1 is 1.32 bits per heavy atom. The first-order chi connectivity index (χ1) is 11.9. The largest absolute Gasteiger partial charge is 0.349 e. The number of aromatic amines is 1. The molecule has 1 aromatic heterocycles. The van der Waals surface area contributed by atoms with Crippen molar-refractivity contribution in [3.05, 3.63) is 10.6 Å². The van der Waals surface area contributed by atoms with Gasteiger partial charge in [-0.25, -0.2) is 0 Å². The van der Waals surface area contributed by atoms with Crippen molar-refractivity contribution >= 4 is 34.1 Å². The van der Waals surface area contributed by atoms with Crippen LogP contribution >= 0.6 is 28.1 Å². The van der Waals surface area contributed by atoms with Crippen LogP contribution in [0, 0.1) is 22.0 Å². The lowest BCUT2D eigenvalue weighted by Gasteiger charge is -2.60. The average Bonchev–Trinajstić information content (AvgIpc) is 3.25. The van der Waals surface area contributed by atoms with E-state index < -0.39 is 0 Å². The monoisotopic (exact) mass is 424 g/mol. The van der Waals surface area contributed by atoms with E-state index in [0.717, 1.165) is 30.5 Å². The number of hydrogen-bond donors (Lipinski definition) is 2. The van der Waals surface area contributed by atoms with Crippen LogP contribution in [0.25, 0.3) is 0 Å². The second kappa shape index (κ2) is 5.65. The van der Waals surface area contributed by atoms with Crippen molar-refractivity contribution in [2.24, 2.45) is 17.3 Å². The van der Waals surface area contributed by atoms with Gasteiger partial charge in [-0.15, -0.1) is 0 Å². The molecule has 2 N–H and O–H groups in total. The van der Waals surface area contributed by atoms with E-state index in [-0.39, 0.29) is 11.3 Å². The van der Waals surface area contributed by atoms with Gasteiger partial charge in [0, 0.05) is 16.8 Å². The van der Waals surface area contributed by atoms with Crippen LogP contribution in [0.1, 0.15) is 69.7 Å². The molecular formula is C18H25BrN4OS. The summed E-state index contributed by atoms with van der Waals surface area (Å²) in [7, 11) is 0. The van der Waals surface area contributed by atoms with Crippen LogP contribution < -0.4 is 5.32 Å². The normalized spacial score (nSPS) is 38.9. The van der Waals surface area contributed by atoms with Crippen molar-refractivity contribution in [2.75, 3.05) is 0 Å². The van der Waals surface area contributed by atoms with E-state index in [1.165, 1.54) is 38.5 Å². The lowest BCUT2D eigenvalue weighted by molar-refractivity contribution is -0.128. The molecule has 1 aromatic rings. The van der Waals surface area contributed by atoms with Gasteiger partial charge < -0.3 is 5.32 Å². The van der Waals surface area contributed by atoms with E-state index >= 15 is 0 Å². The Kier molecular flexibility index (Phi) is 3.73. The molecule has 6 rings (SSSR count). The zero-order valence-corrected chi connectivity index (χ0v) is 16.8. The number of aromatic nitrogens is 3. The van der Waals surface area contributed by atoms with Gasteiger partial charge in [0.2, 0.25) is 5.91 Å². The quantitative estimate of drug-likeness (QED) is 0.554. The Hall–Kier alpha value is -0.690. The summed E-state index contributed by atoms with van der Waals surface area (Å²) in [5.74, 6) is 2.68. The molecule has 0 aromatic carbocycles. The average molecular weight is 425 g/mol. The van der Waals surface area contributed by atoms with Gasteiger partial charge in [-0.3, -0.25) is 14.5 Å². The molecule has 0 saturated heterocycles. The molecule has 7 heteroatoms. The molecule has 5 nitrogen and oxygen atoms in total. The molecule has 1 heterocycles. The first-order valence-corrected chi connectivity index (χ1v) is 10.8. The molecule has 5 saturated carbocycles. The summed E-state index contributed by atoms with van der Waals surface area (Å²) in [6.45, 7) is 0.477. The Bertz CT molecular complexity index is 753. The number of H-pyrrole nitrogens is 1. The molecule has 136 valence electrons. The number of carbonyl (C=O) groups excluding carboxylic acids is 1. The summed E-state index contributed by atoms with van der Waals surface area (Å²) in [4.78, 5) is 12.7. The Labute approximate surface area is 161 Å². The summed E-state index contributed by atoms with van der Waals surface area (Å²) < 4.78 is 3.06. The highest BCUT2D eigenvalue weighted by atomic mass is 79.9. The second-order valence-corrected chi connectivity index (χ2v) is 11.2. The maximum Gasteiger partial charge on any atom is 0.220 e. The minimum Gasteiger partial charge on any atom is -0.349 e. The van der Waals surface area contributed by atoms with Crippen LogP contribution in [0.4, 0.5) is 0 Å². The zero-order valence-electron chi connectivity index (χ0n) is 14.4. The van der Waals surface area contributed by atoms with Crippen LogP contribution in [0.15, 0.2) is 0 Å². The molecule has 5 aliphatic rings. The van der Waals surface area contributed by atoms with E-state index in [1.807, 2.05) is 0 Å². The van der Waals surface area contributed by atoms with Crippen molar-refractivity contribution in [1.82, 2.24) is 20.1 Å². The first kappa shape index (κ1) is 16.5. The number of nitrogens with zero attached hydrogens (tertiary/aromatic N) is 2. The van der Waals surface area contributed by atoms with E-state index in [4.69, 9.17) is 12.2 Å². The van der Waals surface area contributed by atoms with Gasteiger partial charge in [0.15, 0.2) is 10.6 Å². The number of halogens is 1. The number of nitrogens with one attached hydrogen (secondary N) is 2. The highest BCUT2D eigenvalue weighted by molar-refractivity contribution is 9.10. The smallest absolute Gasteiger partial charge is 0.220 e. The highest BCUT2D eigenvalue weighted by Gasteiger charge is 2.57. The topological polar surface area (TPSA) is 62.7 Å². The molecule has 2 unspecified atom stereocenters. The third kappa shape index (κ3) is 3.01. The summed E-state index contributed by atoms with van der Waals surface area (Å²) in [6.07, 6.45) is 10.6. The summed E-state index contributed by atoms with van der Waals surface area (Å²) in [5, 5.41) is 10.3. The van der Waals surface area contributed by atoms with Crippen molar-refractivity contribution in [1.29, 1.82) is 0 Å². The predicted molar refractivity (Wildman–Crippen MR) is 101 cm³/mol. The van der Waals surface area contributed by atoms with E-state index in [2.05, 4.69) is 36.0 Å². The summed E-state index contributed by atoms with van der Waals surface area (Å²) in [5.41, 5.74) is 0.221. The van der Waals surface area contributed by atoms with Crippen LogP contribution in [-0.4, -0.2) is 25.0 Å². The van der Waals surface area contributed by atoms with Gasteiger partial charge in [-0.1, -0.05) is 15.9 Å². The fourth-order valence-corrected chi connectivity index (χ4v) is 8.11. The van der Waals surface area contributed by atoms with Crippen LogP contribution in [0.5, 0.6) is 0 Å². The minimum absolute atomic E-state index is 0.175. The predicted octanol–water partition coefficient (Wildman–Crippen LogP) is 4.02. The van der Waals surface area contributed by atoms with E-state index in [9.17, 15) is 4.79 Å². The van der Waals surface area contributed by atoms with Crippen molar-refractivity contribution in [3.8, 4) is 0 Å². The van der Waals surface area contributed by atoms with Crippen molar-refractivity contribution in [3.63, 3.8) is 0 Å². The maximum absolute atomic E-state index is 12.7. The van der Waals surface area contributed by atoms with Crippen molar-refractivity contribution in [2.45, 2.75) is 74.7 Å². The van der Waals surface area contributed by atoms with Crippen LogP contribution in [0.2, 0.25) is 0 Å². The fourth-order valence-electron chi connectivity index (χ4n) is 6.29. The third-order valence-corrected chi connectivity index (χ3v) is 8.00. The molecule has 25 heavy (non-hydrogen) atoms. The van der Waals surface area contributed by atoms with E-state index in [0.29, 0.717) is 28.1 Å². The standard InChI is InChI=1S/C18H25BrN4OS/c19-18-6-11-3-12(7-18)5-17(4-11,10-18)8-15(24)20-9-14-21-22-16(25)23(14)13-1-2-13/h11-13H,1-10H2,(H,20,24)(H,22,25). The van der Waals surface area contributed by atoms with Crippen LogP contribution in [-0.2, 0) is 11.3 Å². The lowest BCUT2D eigenvalue weighted by Crippen LogP contribution is -2.54. The highest BCUT2D eigenvalue weighted by Crippen LogP contribution is 2.65. The van der Waals surface area contributed by atoms with Gasteiger partial charge in [0.1, 0.15) is 0 Å². The Morgan fingerprint density at radius 3 is 2.68 bits per heavy atom. The van der Waals surface area contributed by atoms with E-state index in [1.54, 1.807) is 0 Å². The number of alkyl halides is 1. The molecular weight excluding hydrogens is 400 g/mol. The first-order valence-electron chi connectivity index (χ1n) is 9.55. The number of rotatable bonds is 5. The Morgan fingerprint density at radius 2 is 2.04 bits per heavy atom. The van der Waals surface area contributed by atoms with Crippen molar-refractivity contribution < 1.29 is 4.79 Å². The SMILES string of the molecule is O=C(CC12CC3CC(CC(Br)(C3)C1)C2)NCc1n[nH]c(=S)n1C1CC1. The number of hydrogen-bond acceptors (Lipinski definition) is 3. The molecule has 4 bridgehead atoms. The van der Waals surface area contributed by atoms with Gasteiger partial charge >= 0.3 is 0 Å². The minimum atomic E-state index is 0.175. The molecule has 5 fully saturated rings. The summed E-state index contributed by atoms with van der Waals surface area (Å²) >= 11 is 9.35. The van der Waals surface area contributed by atoms with Gasteiger partial charge in [-0.2, -0.15) is 5.10 Å². The molecule has 1 amide bonds. The number of carbonyl (C=O) groups is 1. The molecule has 2 atom stereocenters. The van der Waals surface area contributed by atoms with Gasteiger partial charge in [0.25, 0.3) is 0 Å². The molecule has 0 aliphatic heterocycles. The number of amides is 1. The van der Waals surface area contributed by atoms with Crippen LogP contribution in [0.3, 0.4) is 0 Å².